The first kappa shape index (κ1) is 33.7. The third-order valence-corrected chi connectivity index (χ3v) is 12.2. The topological polar surface area (TPSA) is 93.6 Å². The molecule has 4 fully saturated rings. The number of nitrogens with zero attached hydrogens (tertiary/aromatic N) is 4. The van der Waals surface area contributed by atoms with Gasteiger partial charge >= 0.3 is 0 Å². The van der Waals surface area contributed by atoms with Crippen molar-refractivity contribution in [1.29, 1.82) is 0 Å². The Kier molecular flexibility index (Phi) is 11.4. The van der Waals surface area contributed by atoms with Gasteiger partial charge in [-0.1, -0.05) is 50.1 Å². The summed E-state index contributed by atoms with van der Waals surface area (Å²) < 4.78 is 4.85. The predicted molar refractivity (Wildman–Crippen MR) is 179 cm³/mol. The molecule has 9 nitrogen and oxygen atoms in total. The summed E-state index contributed by atoms with van der Waals surface area (Å²) in [5.74, 6) is -1.11. The van der Waals surface area contributed by atoms with Gasteiger partial charge in [-0.05, 0) is 37.3 Å². The minimum Gasteiger partial charge on any atom is -0.396 e. The Morgan fingerprint density at radius 2 is 1.76 bits per heavy atom. The first-order chi connectivity index (χ1) is 21.9. The van der Waals surface area contributed by atoms with Crippen molar-refractivity contribution in [1.82, 2.24) is 14.7 Å². The van der Waals surface area contributed by atoms with Gasteiger partial charge in [0.2, 0.25) is 17.7 Å². The highest BCUT2D eigenvalue weighted by Gasteiger charge is 2.76. The van der Waals surface area contributed by atoms with Crippen molar-refractivity contribution >= 4 is 35.2 Å². The van der Waals surface area contributed by atoms with E-state index in [1.165, 1.54) is 0 Å². The van der Waals surface area contributed by atoms with Crippen LogP contribution in [0.1, 0.15) is 39.0 Å². The summed E-state index contributed by atoms with van der Waals surface area (Å²) in [5.41, 5.74) is 0.788. The molecule has 4 aliphatic rings. The number of morpholine rings is 1. The van der Waals surface area contributed by atoms with Gasteiger partial charge in [0.05, 0.1) is 29.8 Å². The Hall–Kier alpha value is -2.66. The number of carbonyl (C=O) groups excluding carboxylic acids is 3. The van der Waals surface area contributed by atoms with Crippen LogP contribution in [0.3, 0.4) is 0 Å². The maximum atomic E-state index is 14.8. The van der Waals surface area contributed by atoms with Gasteiger partial charge in [-0.3, -0.25) is 19.3 Å². The number of anilines is 1. The third-order valence-electron chi connectivity index (χ3n) is 10.2. The van der Waals surface area contributed by atoms with E-state index in [0.29, 0.717) is 39.4 Å². The third kappa shape index (κ3) is 6.62. The molecular weight excluding hydrogens is 588 g/mol. The Bertz CT molecular complexity index is 1210. The Balaban J connectivity index is 1.47. The smallest absolute Gasteiger partial charge is 0.247 e. The average molecular weight is 639 g/mol. The van der Waals surface area contributed by atoms with E-state index in [1.54, 1.807) is 28.8 Å². The highest BCUT2D eigenvalue weighted by Crippen LogP contribution is 2.69. The van der Waals surface area contributed by atoms with Crippen LogP contribution in [0.25, 0.3) is 0 Å². The molecule has 3 amide bonds. The van der Waals surface area contributed by atoms with Gasteiger partial charge < -0.3 is 24.5 Å². The number of fused-ring (bicyclic) bond motifs is 1. The summed E-state index contributed by atoms with van der Waals surface area (Å²) in [6, 6.07) is 8.96. The Morgan fingerprint density at radius 1 is 1.04 bits per heavy atom. The fourth-order valence-corrected chi connectivity index (χ4v) is 10.4. The number of hydrogen-bond acceptors (Lipinski definition) is 7. The Labute approximate surface area is 272 Å². The molecule has 4 aliphatic heterocycles. The quantitative estimate of drug-likeness (QED) is 0.219. The van der Waals surface area contributed by atoms with Crippen LogP contribution in [0.4, 0.5) is 5.69 Å². The zero-order valence-electron chi connectivity index (χ0n) is 26.7. The molecule has 45 heavy (non-hydrogen) atoms. The number of aliphatic hydroxyl groups excluding tert-OH is 1. The van der Waals surface area contributed by atoms with Crippen LogP contribution in [-0.4, -0.2) is 119 Å². The second-order valence-electron chi connectivity index (χ2n) is 12.8. The molecule has 6 atom stereocenters. The number of ether oxygens (including phenoxy) is 1. The standard InChI is InChI=1S/C35H50N4O5S/c1-4-15-37(19-18-36-20-23-44-24-21-36)34(43)31-35-26(3)25-28(45-35)29(30(35)33(42)39(31)17-11-6-7-12-22-40)32(41)38(16-5-2)27-13-9-8-10-14-27/h4-5,8-10,13-14,26,28-31,40H,1-2,6-7,11-12,15-25H2,3H3/t26?,28-,29+,30+,31?,35?/m1/s1. The average Bonchev–Trinajstić information content (AvgIpc) is 3.65. The van der Waals surface area contributed by atoms with Crippen molar-refractivity contribution in [2.45, 2.75) is 55.1 Å². The van der Waals surface area contributed by atoms with Crippen LogP contribution < -0.4 is 4.90 Å². The van der Waals surface area contributed by atoms with E-state index >= 15 is 0 Å². The van der Waals surface area contributed by atoms with E-state index in [9.17, 15) is 19.5 Å². The van der Waals surface area contributed by atoms with Crippen molar-refractivity contribution in [3.63, 3.8) is 0 Å². The molecule has 5 rings (SSSR count). The fraction of sp³-hybridized carbons (Fsp3) is 0.629. The van der Waals surface area contributed by atoms with Crippen molar-refractivity contribution in [2.24, 2.45) is 17.8 Å². The number of hydrogen-bond donors (Lipinski definition) is 1. The van der Waals surface area contributed by atoms with Crippen LogP contribution >= 0.6 is 11.8 Å². The number of aliphatic hydroxyl groups is 1. The summed E-state index contributed by atoms with van der Waals surface area (Å²) in [7, 11) is 0. The van der Waals surface area contributed by atoms with E-state index in [4.69, 9.17) is 4.74 Å². The zero-order chi connectivity index (χ0) is 32.0. The number of rotatable bonds is 16. The van der Waals surface area contributed by atoms with Gasteiger partial charge in [0, 0.05) is 63.4 Å². The van der Waals surface area contributed by atoms with E-state index < -0.39 is 22.6 Å². The van der Waals surface area contributed by atoms with E-state index in [-0.39, 0.29) is 35.5 Å². The first-order valence-electron chi connectivity index (χ1n) is 16.6. The maximum Gasteiger partial charge on any atom is 0.247 e. The molecule has 0 saturated carbocycles. The predicted octanol–water partition coefficient (Wildman–Crippen LogP) is 3.44. The summed E-state index contributed by atoms with van der Waals surface area (Å²) in [4.78, 5) is 51.7. The van der Waals surface area contributed by atoms with Crippen molar-refractivity contribution in [3.05, 3.63) is 55.6 Å². The molecule has 0 aliphatic carbocycles. The molecule has 4 saturated heterocycles. The van der Waals surface area contributed by atoms with E-state index in [0.717, 1.165) is 57.4 Å². The number of thioether (sulfide) groups is 1. The molecule has 1 aromatic carbocycles. The van der Waals surface area contributed by atoms with Crippen molar-refractivity contribution in [2.75, 3.05) is 70.5 Å². The molecule has 1 spiro atoms. The summed E-state index contributed by atoms with van der Waals surface area (Å²) in [5, 5.41) is 9.24. The molecule has 4 heterocycles. The highest BCUT2D eigenvalue weighted by molar-refractivity contribution is 8.02. The second kappa shape index (κ2) is 15.3. The minimum atomic E-state index is -0.667. The highest BCUT2D eigenvalue weighted by atomic mass is 32.2. The van der Waals surface area contributed by atoms with Crippen molar-refractivity contribution in [3.8, 4) is 0 Å². The van der Waals surface area contributed by atoms with Crippen LogP contribution in [0, 0.1) is 17.8 Å². The molecule has 3 unspecified atom stereocenters. The van der Waals surface area contributed by atoms with Gasteiger partial charge in [0.15, 0.2) is 0 Å². The largest absolute Gasteiger partial charge is 0.396 e. The molecule has 2 bridgehead atoms. The lowest BCUT2D eigenvalue weighted by molar-refractivity contribution is -0.142. The van der Waals surface area contributed by atoms with Crippen LogP contribution in [0.2, 0.25) is 0 Å². The summed E-state index contributed by atoms with van der Waals surface area (Å²) >= 11 is 1.73. The van der Waals surface area contributed by atoms with E-state index in [1.807, 2.05) is 40.1 Å². The number of benzene rings is 1. The second-order valence-corrected chi connectivity index (χ2v) is 14.4. The minimum absolute atomic E-state index is 0.0271. The molecule has 0 radical (unpaired) electrons. The number of likely N-dealkylation sites (tertiary alicyclic amines) is 1. The van der Waals surface area contributed by atoms with Gasteiger partial charge in [0.25, 0.3) is 0 Å². The van der Waals surface area contributed by atoms with Crippen LogP contribution in [-0.2, 0) is 19.1 Å². The SMILES string of the molecule is C=CCN(CCN1CCOCC1)C(=O)C1N(CCCCCCO)C(=O)[C@@H]2[C@@H](C(=O)N(CC=C)c3ccccc3)[C@H]3CC(C)C12S3. The summed E-state index contributed by atoms with van der Waals surface area (Å²) in [6.07, 6.45) is 7.51. The number of unbranched alkanes of at least 4 members (excludes halogenated alkanes) is 3. The lowest BCUT2D eigenvalue weighted by Crippen LogP contribution is -2.58. The van der Waals surface area contributed by atoms with Gasteiger partial charge in [-0.25, -0.2) is 0 Å². The van der Waals surface area contributed by atoms with Gasteiger partial charge in [-0.2, -0.15) is 0 Å². The van der Waals surface area contributed by atoms with Gasteiger partial charge in [0.1, 0.15) is 6.04 Å². The number of carbonyl (C=O) groups is 3. The normalized spacial score (nSPS) is 29.1. The fourth-order valence-electron chi connectivity index (χ4n) is 8.02. The Morgan fingerprint density at radius 3 is 2.44 bits per heavy atom. The molecular formula is C35H50N4O5S. The maximum absolute atomic E-state index is 14.8. The monoisotopic (exact) mass is 638 g/mol. The molecule has 246 valence electrons. The number of para-hydroxylation sites is 1. The molecule has 1 aromatic rings. The first-order valence-corrected chi connectivity index (χ1v) is 17.5. The van der Waals surface area contributed by atoms with Gasteiger partial charge in [-0.15, -0.1) is 24.9 Å². The number of amides is 3. The van der Waals surface area contributed by atoms with Crippen LogP contribution in [0.15, 0.2) is 55.6 Å². The summed E-state index contributed by atoms with van der Waals surface area (Å²) in [6.45, 7) is 15.8. The molecule has 10 heteroatoms. The van der Waals surface area contributed by atoms with Crippen LogP contribution in [0.5, 0.6) is 0 Å². The van der Waals surface area contributed by atoms with Crippen molar-refractivity contribution < 1.29 is 24.2 Å². The lowest BCUT2D eigenvalue weighted by Gasteiger charge is -2.41. The van der Waals surface area contributed by atoms with E-state index in [2.05, 4.69) is 25.0 Å². The molecule has 1 N–H and O–H groups in total. The lowest BCUT2D eigenvalue weighted by atomic mass is 9.65. The zero-order valence-corrected chi connectivity index (χ0v) is 27.5. The molecule has 0 aromatic heterocycles.